The van der Waals surface area contributed by atoms with E-state index in [0.29, 0.717) is 23.7 Å². The average molecular weight is 575 g/mol. The first-order chi connectivity index (χ1) is 19.9. The van der Waals surface area contributed by atoms with E-state index in [9.17, 15) is 14.3 Å². The number of aromatic nitrogens is 2. The maximum atomic E-state index is 14.9. The Kier molecular flexibility index (Phi) is 8.39. The smallest absolute Gasteiger partial charge is 0.166 e. The molecule has 1 atom stereocenters. The third kappa shape index (κ3) is 7.16. The number of fused-ring (bicyclic) bond motifs is 1. The average Bonchev–Trinajstić information content (AvgIpc) is 3.65. The predicted molar refractivity (Wildman–Crippen MR) is 159 cm³/mol. The molecule has 2 aliphatic rings. The number of hydrogen-bond acceptors (Lipinski definition) is 8. The van der Waals surface area contributed by atoms with Crippen LogP contribution in [0.3, 0.4) is 0 Å². The van der Waals surface area contributed by atoms with Gasteiger partial charge in [0.05, 0.1) is 26.9 Å². The first kappa shape index (κ1) is 27.9. The maximum Gasteiger partial charge on any atom is 0.166 e. The van der Waals surface area contributed by atoms with Gasteiger partial charge >= 0.3 is 0 Å². The lowest BCUT2D eigenvalue weighted by Gasteiger charge is -2.35. The van der Waals surface area contributed by atoms with E-state index in [2.05, 4.69) is 20.9 Å². The summed E-state index contributed by atoms with van der Waals surface area (Å²) >= 11 is 1.52. The van der Waals surface area contributed by atoms with Gasteiger partial charge in [-0.25, -0.2) is 4.39 Å². The summed E-state index contributed by atoms with van der Waals surface area (Å²) in [5.74, 6) is 0.872. The first-order valence-electron chi connectivity index (χ1n) is 14.3. The van der Waals surface area contributed by atoms with Gasteiger partial charge in [0.25, 0.3) is 0 Å². The van der Waals surface area contributed by atoms with Crippen LogP contribution in [0.2, 0.25) is 0 Å². The minimum atomic E-state index is -0.481. The Morgan fingerprint density at radius 1 is 1.05 bits per heavy atom. The molecule has 1 unspecified atom stereocenters. The molecule has 1 N–H and O–H groups in total. The number of aliphatic hydroxyl groups excluding tert-OH is 1. The molecule has 1 aliphatic carbocycles. The number of β-amino-alcohol motifs (C(OH)–C–C–N with tert-alkyl or cyclic N) is 1. The van der Waals surface area contributed by atoms with Gasteiger partial charge in [-0.3, -0.25) is 24.6 Å². The quantitative estimate of drug-likeness (QED) is 0.246. The monoisotopic (exact) mass is 574 g/mol. The number of benzene rings is 1. The van der Waals surface area contributed by atoms with Crippen molar-refractivity contribution in [3.8, 4) is 22.1 Å². The van der Waals surface area contributed by atoms with Crippen LogP contribution < -0.4 is 4.74 Å². The molecule has 41 heavy (non-hydrogen) atoms. The van der Waals surface area contributed by atoms with Crippen LogP contribution in [-0.2, 0) is 17.8 Å². The normalized spacial score (nSPS) is 17.1. The van der Waals surface area contributed by atoms with Crippen LogP contribution in [0.1, 0.15) is 37.3 Å². The van der Waals surface area contributed by atoms with Gasteiger partial charge in [-0.05, 0) is 61.1 Å². The minimum absolute atomic E-state index is 0.125. The largest absolute Gasteiger partial charge is 0.453 e. The number of pyridine rings is 2. The Labute approximate surface area is 243 Å². The van der Waals surface area contributed by atoms with Gasteiger partial charge in [0.15, 0.2) is 11.6 Å². The van der Waals surface area contributed by atoms with Crippen molar-refractivity contribution in [2.24, 2.45) is 5.92 Å². The Morgan fingerprint density at radius 2 is 1.83 bits per heavy atom. The molecule has 1 aromatic carbocycles. The van der Waals surface area contributed by atoms with Gasteiger partial charge in [0.1, 0.15) is 11.5 Å². The fourth-order valence-corrected chi connectivity index (χ4v) is 6.39. The van der Waals surface area contributed by atoms with Crippen LogP contribution >= 0.6 is 11.3 Å². The molecule has 1 saturated heterocycles. The van der Waals surface area contributed by atoms with Crippen molar-refractivity contribution < 1.29 is 19.0 Å². The second-order valence-electron chi connectivity index (χ2n) is 11.3. The number of halogens is 1. The summed E-state index contributed by atoms with van der Waals surface area (Å²) in [6.45, 7) is 7.28. The zero-order valence-corrected chi connectivity index (χ0v) is 24.1. The Morgan fingerprint density at radius 3 is 2.54 bits per heavy atom. The van der Waals surface area contributed by atoms with E-state index in [-0.39, 0.29) is 24.1 Å². The predicted octanol–water partition coefficient (Wildman–Crippen LogP) is 5.70. The zero-order chi connectivity index (χ0) is 28.3. The summed E-state index contributed by atoms with van der Waals surface area (Å²) in [6, 6.07) is 12.7. The van der Waals surface area contributed by atoms with Crippen LogP contribution in [0.15, 0.2) is 54.9 Å². The summed E-state index contributed by atoms with van der Waals surface area (Å²) in [6.07, 6.45) is 6.40. The van der Waals surface area contributed by atoms with E-state index in [1.165, 1.54) is 17.4 Å². The number of hydrogen-bond donors (Lipinski definition) is 1. The van der Waals surface area contributed by atoms with Gasteiger partial charge in [-0.1, -0.05) is 12.1 Å². The van der Waals surface area contributed by atoms with Crippen molar-refractivity contribution in [2.45, 2.75) is 45.3 Å². The fraction of sp³-hybridized carbons (Fsp3) is 0.406. The highest BCUT2D eigenvalue weighted by Gasteiger charge is 2.24. The molecular weight excluding hydrogens is 539 g/mol. The number of Topliss-reactive ketones (excluding diaryl/α,β-unsaturated/α-hetero) is 1. The van der Waals surface area contributed by atoms with Crippen LogP contribution in [0, 0.1) is 11.7 Å². The maximum absolute atomic E-state index is 14.9. The second kappa shape index (κ2) is 12.3. The highest BCUT2D eigenvalue weighted by atomic mass is 32.1. The van der Waals surface area contributed by atoms with E-state index in [1.807, 2.05) is 25.3 Å². The van der Waals surface area contributed by atoms with Crippen molar-refractivity contribution >= 4 is 27.3 Å². The number of nitrogens with zero attached hydrogens (tertiary/aromatic N) is 4. The summed E-state index contributed by atoms with van der Waals surface area (Å²) in [5.41, 5.74) is 3.46. The number of thiophene rings is 1. The Hall–Kier alpha value is -3.24. The lowest BCUT2D eigenvalue weighted by atomic mass is 10.0. The van der Waals surface area contributed by atoms with Crippen LogP contribution in [0.25, 0.3) is 20.8 Å². The third-order valence-electron chi connectivity index (χ3n) is 7.68. The first-order valence-corrected chi connectivity index (χ1v) is 15.2. The molecule has 1 aliphatic heterocycles. The van der Waals surface area contributed by atoms with Gasteiger partial charge in [0, 0.05) is 70.6 Å². The summed E-state index contributed by atoms with van der Waals surface area (Å²) in [4.78, 5) is 27.1. The number of piperazine rings is 1. The Balaban J connectivity index is 1.11. The lowest BCUT2D eigenvalue weighted by Crippen LogP contribution is -2.47. The van der Waals surface area contributed by atoms with Gasteiger partial charge in [0.2, 0.25) is 0 Å². The Bertz CT molecular complexity index is 1510. The summed E-state index contributed by atoms with van der Waals surface area (Å²) in [5, 5.41) is 9.62. The number of aliphatic hydroxyl groups is 1. The molecule has 7 nitrogen and oxygen atoms in total. The van der Waals surface area contributed by atoms with Crippen molar-refractivity contribution in [3.63, 3.8) is 0 Å². The highest BCUT2D eigenvalue weighted by molar-refractivity contribution is 7.22. The van der Waals surface area contributed by atoms with Crippen LogP contribution in [-0.4, -0.2) is 69.5 Å². The minimum Gasteiger partial charge on any atom is -0.453 e. The topological polar surface area (TPSA) is 78.8 Å². The number of rotatable bonds is 11. The molecule has 9 heteroatoms. The molecule has 214 valence electrons. The highest BCUT2D eigenvalue weighted by Crippen LogP contribution is 2.39. The van der Waals surface area contributed by atoms with Gasteiger partial charge in [-0.15, -0.1) is 11.3 Å². The van der Waals surface area contributed by atoms with Crippen molar-refractivity contribution in [1.29, 1.82) is 0 Å². The van der Waals surface area contributed by atoms with Crippen molar-refractivity contribution in [3.05, 3.63) is 71.8 Å². The molecule has 0 radical (unpaired) electrons. The van der Waals surface area contributed by atoms with Gasteiger partial charge < -0.3 is 9.84 Å². The fourth-order valence-electron chi connectivity index (χ4n) is 5.35. The lowest BCUT2D eigenvalue weighted by molar-refractivity contribution is -0.118. The zero-order valence-electron chi connectivity index (χ0n) is 23.3. The molecule has 6 rings (SSSR count). The number of ether oxygens (including phenoxy) is 1. The molecule has 3 aromatic heterocycles. The SMILES string of the molecule is CC(O)CN1CCN(Cc2ccc(-c3cc4nccc(Oc5ccc(CC(=O)CC6CC6)cc5F)c4s3)nc2)CC1. The molecule has 2 fully saturated rings. The molecule has 0 bridgehead atoms. The van der Waals surface area contributed by atoms with Crippen molar-refractivity contribution in [1.82, 2.24) is 19.8 Å². The molecule has 4 heterocycles. The van der Waals surface area contributed by atoms with Gasteiger partial charge in [-0.2, -0.15) is 0 Å². The standard InChI is InChI=1S/C32H35FN4O3S/c1-21(38)19-36-10-12-37(13-11-36)20-24-4-6-27(35-18-24)31-17-28-32(41-31)30(8-9-34-28)40-29-7-5-23(16-26(29)33)15-25(39)14-22-2-3-22/h4-9,16-18,21-22,38H,2-3,10-15,19-20H2,1H3. The second-order valence-corrected chi connectivity index (χ2v) is 12.4. The van der Waals surface area contributed by atoms with E-state index in [4.69, 9.17) is 9.72 Å². The van der Waals surface area contributed by atoms with E-state index >= 15 is 0 Å². The summed E-state index contributed by atoms with van der Waals surface area (Å²) in [7, 11) is 0. The van der Waals surface area contributed by atoms with Crippen LogP contribution in [0.5, 0.6) is 11.5 Å². The number of carbonyl (C=O) groups is 1. The third-order valence-corrected chi connectivity index (χ3v) is 8.84. The van der Waals surface area contributed by atoms with E-state index < -0.39 is 5.82 Å². The van der Waals surface area contributed by atoms with Crippen LogP contribution in [0.4, 0.5) is 4.39 Å². The number of ketones is 1. The summed E-state index contributed by atoms with van der Waals surface area (Å²) < 4.78 is 21.8. The molecule has 1 saturated carbocycles. The molecule has 4 aromatic rings. The molecular formula is C32H35FN4O3S. The number of carbonyl (C=O) groups excluding carboxylic acids is 1. The molecule has 0 amide bonds. The van der Waals surface area contributed by atoms with E-state index in [0.717, 1.165) is 78.5 Å². The van der Waals surface area contributed by atoms with E-state index in [1.54, 1.807) is 24.4 Å². The molecule has 0 spiro atoms. The van der Waals surface area contributed by atoms with Crippen molar-refractivity contribution in [2.75, 3.05) is 32.7 Å².